The number of rotatable bonds is 4. The molecule has 0 spiro atoms. The lowest BCUT2D eigenvalue weighted by Gasteiger charge is -2.09. The Morgan fingerprint density at radius 2 is 2.05 bits per heavy atom. The maximum Gasteiger partial charge on any atom is 0.133 e. The Kier molecular flexibility index (Phi) is 3.84. The zero-order valence-electron chi connectivity index (χ0n) is 11.9. The number of para-hydroxylation sites is 2. The van der Waals surface area contributed by atoms with Crippen LogP contribution < -0.4 is 10.1 Å². The second-order valence-electron chi connectivity index (χ2n) is 4.78. The molecule has 3 rings (SSSR count). The summed E-state index contributed by atoms with van der Waals surface area (Å²) in [5, 5.41) is 3.39. The highest BCUT2D eigenvalue weighted by Crippen LogP contribution is 2.28. The smallest absolute Gasteiger partial charge is 0.133 e. The largest absolute Gasteiger partial charge is 0.496 e. The molecule has 0 unspecified atom stereocenters. The van der Waals surface area contributed by atoms with Crippen LogP contribution >= 0.6 is 15.9 Å². The third kappa shape index (κ3) is 2.74. The van der Waals surface area contributed by atoms with Gasteiger partial charge in [0.15, 0.2) is 0 Å². The maximum absolute atomic E-state index is 5.23. The highest BCUT2D eigenvalue weighted by atomic mass is 79.9. The van der Waals surface area contributed by atoms with E-state index in [2.05, 4.69) is 36.9 Å². The number of aryl methyl sites for hydroxylation is 1. The topological polar surface area (TPSA) is 39.1 Å². The molecular weight excluding hydrogens is 330 g/mol. The number of halogens is 1. The fourth-order valence-electron chi connectivity index (χ4n) is 2.31. The number of nitrogens with zero attached hydrogens (tertiary/aromatic N) is 2. The van der Waals surface area contributed by atoms with Crippen molar-refractivity contribution in [2.75, 3.05) is 12.4 Å². The first kappa shape index (κ1) is 13.9. The fourth-order valence-corrected chi connectivity index (χ4v) is 2.85. The lowest BCUT2D eigenvalue weighted by molar-refractivity contribution is 0.412. The molecule has 0 atom stereocenters. The molecule has 1 heterocycles. The number of methoxy groups -OCH3 is 1. The highest BCUT2D eigenvalue weighted by Gasteiger charge is 2.07. The number of anilines is 1. The van der Waals surface area contributed by atoms with Crippen molar-refractivity contribution in [2.45, 2.75) is 6.54 Å². The normalized spacial score (nSPS) is 10.8. The Labute approximate surface area is 131 Å². The van der Waals surface area contributed by atoms with Crippen molar-refractivity contribution in [3.63, 3.8) is 0 Å². The lowest BCUT2D eigenvalue weighted by Crippen LogP contribution is -2.05. The third-order valence-electron chi connectivity index (χ3n) is 3.48. The van der Waals surface area contributed by atoms with Gasteiger partial charge in [-0.1, -0.05) is 12.1 Å². The summed E-state index contributed by atoms with van der Waals surface area (Å²) >= 11 is 3.49. The van der Waals surface area contributed by atoms with Crippen LogP contribution in [0.3, 0.4) is 0 Å². The summed E-state index contributed by atoms with van der Waals surface area (Å²) in [5.41, 5.74) is 3.19. The number of fused-ring (bicyclic) bond motifs is 1. The maximum atomic E-state index is 5.23. The zero-order chi connectivity index (χ0) is 14.8. The van der Waals surface area contributed by atoms with Gasteiger partial charge in [-0.3, -0.25) is 0 Å². The van der Waals surface area contributed by atoms with Gasteiger partial charge in [-0.05, 0) is 46.3 Å². The van der Waals surface area contributed by atoms with Gasteiger partial charge >= 0.3 is 0 Å². The van der Waals surface area contributed by atoms with Crippen LogP contribution in [0.2, 0.25) is 0 Å². The average Bonchev–Trinajstić information content (AvgIpc) is 2.82. The number of ether oxygens (including phenoxy) is 1. The molecule has 4 nitrogen and oxygen atoms in total. The van der Waals surface area contributed by atoms with Gasteiger partial charge in [-0.25, -0.2) is 4.98 Å². The Bertz CT molecular complexity index is 782. The van der Waals surface area contributed by atoms with Crippen molar-refractivity contribution in [1.82, 2.24) is 9.55 Å². The van der Waals surface area contributed by atoms with Gasteiger partial charge in [0.1, 0.15) is 11.6 Å². The monoisotopic (exact) mass is 345 g/mol. The molecule has 21 heavy (non-hydrogen) atoms. The molecule has 1 N–H and O–H groups in total. The Hall–Kier alpha value is -2.01. The van der Waals surface area contributed by atoms with Crippen molar-refractivity contribution in [3.8, 4) is 5.75 Å². The molecule has 1 aromatic heterocycles. The molecule has 0 saturated carbocycles. The fraction of sp³-hybridized carbons (Fsp3) is 0.188. The van der Waals surface area contributed by atoms with Crippen LogP contribution in [0.1, 0.15) is 5.82 Å². The van der Waals surface area contributed by atoms with E-state index < -0.39 is 0 Å². The number of hydrogen-bond acceptors (Lipinski definition) is 3. The van der Waals surface area contributed by atoms with E-state index in [9.17, 15) is 0 Å². The van der Waals surface area contributed by atoms with Crippen molar-refractivity contribution < 1.29 is 4.74 Å². The minimum Gasteiger partial charge on any atom is -0.496 e. The van der Waals surface area contributed by atoms with Crippen molar-refractivity contribution in [3.05, 3.63) is 52.8 Å². The third-order valence-corrected chi connectivity index (χ3v) is 4.10. The minimum absolute atomic E-state index is 0.671. The van der Waals surface area contributed by atoms with Gasteiger partial charge in [0.25, 0.3) is 0 Å². The molecule has 3 aromatic rings. The summed E-state index contributed by atoms with van der Waals surface area (Å²) in [6, 6.07) is 14.1. The van der Waals surface area contributed by atoms with E-state index in [-0.39, 0.29) is 0 Å². The van der Waals surface area contributed by atoms with E-state index >= 15 is 0 Å². The molecule has 0 aliphatic heterocycles. The van der Waals surface area contributed by atoms with E-state index in [1.807, 2.05) is 43.4 Å². The number of hydrogen-bond donors (Lipinski definition) is 1. The second kappa shape index (κ2) is 5.77. The first-order valence-corrected chi connectivity index (χ1v) is 7.46. The quantitative estimate of drug-likeness (QED) is 0.777. The van der Waals surface area contributed by atoms with Gasteiger partial charge in [-0.15, -0.1) is 0 Å². The average molecular weight is 346 g/mol. The van der Waals surface area contributed by atoms with E-state index in [0.29, 0.717) is 6.54 Å². The van der Waals surface area contributed by atoms with E-state index in [1.165, 1.54) is 0 Å². The summed E-state index contributed by atoms with van der Waals surface area (Å²) in [6.07, 6.45) is 0. The van der Waals surface area contributed by atoms with E-state index in [0.717, 1.165) is 32.8 Å². The van der Waals surface area contributed by atoms with E-state index in [1.54, 1.807) is 7.11 Å². The highest BCUT2D eigenvalue weighted by molar-refractivity contribution is 9.10. The summed E-state index contributed by atoms with van der Waals surface area (Å²) in [5.74, 6) is 1.83. The van der Waals surface area contributed by atoms with Crippen LogP contribution in [0.4, 0.5) is 5.69 Å². The summed E-state index contributed by atoms with van der Waals surface area (Å²) in [4.78, 5) is 4.65. The van der Waals surface area contributed by atoms with Gasteiger partial charge in [0.05, 0.1) is 29.2 Å². The van der Waals surface area contributed by atoms with Gasteiger partial charge < -0.3 is 14.6 Å². The molecule has 2 aromatic carbocycles. The Balaban J connectivity index is 1.80. The van der Waals surface area contributed by atoms with Crippen molar-refractivity contribution in [2.24, 2.45) is 7.05 Å². The predicted molar refractivity (Wildman–Crippen MR) is 88.7 cm³/mol. The SMILES string of the molecule is COc1ccc(NCc2nc3ccccc3n2C)cc1Br. The number of imidazole rings is 1. The minimum atomic E-state index is 0.671. The van der Waals surface area contributed by atoms with Crippen LogP contribution in [0.15, 0.2) is 46.9 Å². The van der Waals surface area contributed by atoms with Crippen molar-refractivity contribution >= 4 is 32.7 Å². The van der Waals surface area contributed by atoms with Crippen LogP contribution in [-0.2, 0) is 13.6 Å². The zero-order valence-corrected chi connectivity index (χ0v) is 13.5. The predicted octanol–water partition coefficient (Wildman–Crippen LogP) is 3.96. The first-order valence-electron chi connectivity index (χ1n) is 6.67. The molecule has 0 aliphatic carbocycles. The van der Waals surface area contributed by atoms with Crippen LogP contribution in [0.25, 0.3) is 11.0 Å². The van der Waals surface area contributed by atoms with Crippen molar-refractivity contribution in [1.29, 1.82) is 0 Å². The standard InChI is InChI=1S/C16H16BrN3O/c1-20-14-6-4-3-5-13(14)19-16(20)10-18-11-7-8-15(21-2)12(17)9-11/h3-9,18H,10H2,1-2H3. The molecule has 108 valence electrons. The molecule has 0 radical (unpaired) electrons. The summed E-state index contributed by atoms with van der Waals surface area (Å²) < 4.78 is 8.27. The van der Waals surface area contributed by atoms with E-state index in [4.69, 9.17) is 4.74 Å². The molecular formula is C16H16BrN3O. The molecule has 0 aliphatic rings. The van der Waals surface area contributed by atoms with Gasteiger partial charge in [-0.2, -0.15) is 0 Å². The molecule has 5 heteroatoms. The molecule has 0 saturated heterocycles. The Morgan fingerprint density at radius 1 is 1.24 bits per heavy atom. The van der Waals surface area contributed by atoms with Gasteiger partial charge in [0, 0.05) is 12.7 Å². The van der Waals surface area contributed by atoms with Crippen LogP contribution in [0, 0.1) is 0 Å². The molecule has 0 fully saturated rings. The summed E-state index contributed by atoms with van der Waals surface area (Å²) in [6.45, 7) is 0.671. The van der Waals surface area contributed by atoms with Gasteiger partial charge in [0.2, 0.25) is 0 Å². The van der Waals surface area contributed by atoms with Crippen LogP contribution in [0.5, 0.6) is 5.75 Å². The summed E-state index contributed by atoms with van der Waals surface area (Å²) in [7, 11) is 3.70. The van der Waals surface area contributed by atoms with Crippen LogP contribution in [-0.4, -0.2) is 16.7 Å². The molecule has 0 amide bonds. The molecule has 0 bridgehead atoms. The number of nitrogens with one attached hydrogen (secondary N) is 1. The lowest BCUT2D eigenvalue weighted by atomic mass is 10.3. The Morgan fingerprint density at radius 3 is 2.76 bits per heavy atom. The first-order chi connectivity index (χ1) is 10.2. The second-order valence-corrected chi connectivity index (χ2v) is 5.63. The number of benzene rings is 2. The number of aromatic nitrogens is 2.